The lowest BCUT2D eigenvalue weighted by Gasteiger charge is -1.81. The summed E-state index contributed by atoms with van der Waals surface area (Å²) in [5.41, 5.74) is 0. The first-order chi connectivity index (χ1) is 4.36. The number of oxazole rings is 1. The highest BCUT2D eigenvalue weighted by molar-refractivity contribution is 9.10. The number of halogens is 1. The van der Waals surface area contributed by atoms with Crippen molar-refractivity contribution in [3.63, 3.8) is 0 Å². The molecule has 2 nitrogen and oxygen atoms in total. The molecule has 0 amide bonds. The van der Waals surface area contributed by atoms with Gasteiger partial charge in [0.25, 0.3) is 0 Å². The molecule has 0 radical (unpaired) electrons. The predicted octanol–water partition coefficient (Wildman–Crippen LogP) is 2.31. The first kappa shape index (κ1) is 5.47. The molecule has 2 rings (SSSR count). The number of hydrogen-bond acceptors (Lipinski definition) is 2. The normalized spacial score (nSPS) is 18.3. The van der Waals surface area contributed by atoms with Crippen molar-refractivity contribution in [2.75, 3.05) is 0 Å². The van der Waals surface area contributed by atoms with Gasteiger partial charge in [0, 0.05) is 5.92 Å². The van der Waals surface area contributed by atoms with Crippen molar-refractivity contribution in [3.05, 3.63) is 16.8 Å². The van der Waals surface area contributed by atoms with Gasteiger partial charge >= 0.3 is 0 Å². The molecular weight excluding hydrogens is 182 g/mol. The van der Waals surface area contributed by atoms with Crippen LogP contribution in [0.1, 0.15) is 24.7 Å². The van der Waals surface area contributed by atoms with Crippen molar-refractivity contribution in [1.29, 1.82) is 0 Å². The third kappa shape index (κ3) is 1.01. The summed E-state index contributed by atoms with van der Waals surface area (Å²) in [5, 5.41) is 0. The van der Waals surface area contributed by atoms with E-state index in [0.717, 1.165) is 10.5 Å². The van der Waals surface area contributed by atoms with E-state index >= 15 is 0 Å². The first-order valence-electron chi connectivity index (χ1n) is 2.97. The van der Waals surface area contributed by atoms with Crippen LogP contribution < -0.4 is 0 Å². The van der Waals surface area contributed by atoms with Crippen LogP contribution in [-0.2, 0) is 0 Å². The molecule has 1 aromatic rings. The van der Waals surface area contributed by atoms with Gasteiger partial charge in [-0.25, -0.2) is 4.98 Å². The number of hydrogen-bond donors (Lipinski definition) is 0. The Morgan fingerprint density at radius 3 is 2.89 bits per heavy atom. The Bertz CT molecular complexity index is 217. The summed E-state index contributed by atoms with van der Waals surface area (Å²) < 4.78 is 5.94. The Labute approximate surface area is 61.4 Å². The molecule has 0 spiro atoms. The fraction of sp³-hybridized carbons (Fsp3) is 0.500. The van der Waals surface area contributed by atoms with Gasteiger partial charge < -0.3 is 4.42 Å². The summed E-state index contributed by atoms with van der Waals surface area (Å²) in [6.45, 7) is 0. The molecule has 1 aromatic heterocycles. The van der Waals surface area contributed by atoms with E-state index in [1.54, 1.807) is 6.26 Å². The number of aromatic nitrogens is 1. The molecule has 1 heterocycles. The van der Waals surface area contributed by atoms with Crippen LogP contribution in [0, 0.1) is 0 Å². The molecule has 0 aromatic carbocycles. The second-order valence-corrected chi connectivity index (χ2v) is 3.10. The van der Waals surface area contributed by atoms with Gasteiger partial charge in [-0.1, -0.05) is 0 Å². The van der Waals surface area contributed by atoms with Crippen molar-refractivity contribution in [1.82, 2.24) is 4.98 Å². The molecule has 1 aliphatic carbocycles. The summed E-state index contributed by atoms with van der Waals surface area (Å²) in [7, 11) is 0. The summed E-state index contributed by atoms with van der Waals surface area (Å²) in [6, 6.07) is 0. The van der Waals surface area contributed by atoms with Crippen LogP contribution in [0.15, 0.2) is 15.3 Å². The molecule has 0 atom stereocenters. The minimum atomic E-state index is 0.622. The maximum Gasteiger partial charge on any atom is 0.198 e. The molecule has 0 saturated heterocycles. The Morgan fingerprint density at radius 2 is 2.44 bits per heavy atom. The van der Waals surface area contributed by atoms with Gasteiger partial charge in [-0.05, 0) is 28.8 Å². The average Bonchev–Trinajstić information content (AvgIpc) is 2.58. The highest BCUT2D eigenvalue weighted by Crippen LogP contribution is 2.39. The average molecular weight is 188 g/mol. The van der Waals surface area contributed by atoms with Gasteiger partial charge in [-0.3, -0.25) is 0 Å². The van der Waals surface area contributed by atoms with E-state index in [1.807, 2.05) is 0 Å². The Hall–Kier alpha value is -0.310. The van der Waals surface area contributed by atoms with E-state index < -0.39 is 0 Å². The van der Waals surface area contributed by atoms with Gasteiger partial charge in [0.05, 0.1) is 0 Å². The van der Waals surface area contributed by atoms with Crippen molar-refractivity contribution in [2.45, 2.75) is 18.8 Å². The van der Waals surface area contributed by atoms with Crippen molar-refractivity contribution >= 4 is 15.9 Å². The monoisotopic (exact) mass is 187 g/mol. The zero-order chi connectivity index (χ0) is 6.27. The standard InChI is InChI=1S/C6H6BrNO/c7-5-3-9-6(8-5)4-1-2-4/h3-4H,1-2H2. The molecule has 1 aliphatic rings. The molecular formula is C6H6BrNO. The van der Waals surface area contributed by atoms with Crippen molar-refractivity contribution < 1.29 is 4.42 Å². The van der Waals surface area contributed by atoms with E-state index in [-0.39, 0.29) is 0 Å². The van der Waals surface area contributed by atoms with Crippen LogP contribution in [0.3, 0.4) is 0 Å². The first-order valence-corrected chi connectivity index (χ1v) is 3.76. The minimum absolute atomic E-state index is 0.622. The molecule has 1 fully saturated rings. The minimum Gasteiger partial charge on any atom is -0.447 e. The smallest absolute Gasteiger partial charge is 0.198 e. The van der Waals surface area contributed by atoms with Gasteiger partial charge in [-0.2, -0.15) is 0 Å². The zero-order valence-electron chi connectivity index (χ0n) is 4.80. The maximum absolute atomic E-state index is 5.13. The third-order valence-corrected chi connectivity index (χ3v) is 1.78. The van der Waals surface area contributed by atoms with Crippen LogP contribution in [0.25, 0.3) is 0 Å². The van der Waals surface area contributed by atoms with Gasteiger partial charge in [0.15, 0.2) is 5.89 Å². The second-order valence-electron chi connectivity index (χ2n) is 2.28. The molecule has 0 N–H and O–H groups in total. The second kappa shape index (κ2) is 1.84. The Morgan fingerprint density at radius 1 is 1.67 bits per heavy atom. The molecule has 9 heavy (non-hydrogen) atoms. The van der Waals surface area contributed by atoms with Crippen molar-refractivity contribution in [3.8, 4) is 0 Å². The van der Waals surface area contributed by atoms with Gasteiger partial charge in [0.2, 0.25) is 0 Å². The Balaban J connectivity index is 2.28. The fourth-order valence-corrected chi connectivity index (χ4v) is 1.05. The van der Waals surface area contributed by atoms with E-state index in [1.165, 1.54) is 12.8 Å². The lowest BCUT2D eigenvalue weighted by Crippen LogP contribution is -1.74. The molecule has 3 heteroatoms. The van der Waals surface area contributed by atoms with Crippen LogP contribution in [0.2, 0.25) is 0 Å². The molecule has 0 aliphatic heterocycles. The maximum atomic E-state index is 5.13. The number of nitrogens with zero attached hydrogens (tertiary/aromatic N) is 1. The van der Waals surface area contributed by atoms with Crippen LogP contribution in [-0.4, -0.2) is 4.98 Å². The van der Waals surface area contributed by atoms with E-state index in [4.69, 9.17) is 4.42 Å². The van der Waals surface area contributed by atoms with Gasteiger partial charge in [-0.15, -0.1) is 0 Å². The SMILES string of the molecule is Brc1coc(C2CC2)n1. The topological polar surface area (TPSA) is 26.0 Å². The molecule has 1 saturated carbocycles. The highest BCUT2D eigenvalue weighted by Gasteiger charge is 2.28. The van der Waals surface area contributed by atoms with E-state index in [9.17, 15) is 0 Å². The third-order valence-electron chi connectivity index (χ3n) is 1.42. The zero-order valence-corrected chi connectivity index (χ0v) is 6.39. The molecule has 48 valence electrons. The molecule has 0 unspecified atom stereocenters. The van der Waals surface area contributed by atoms with E-state index in [2.05, 4.69) is 20.9 Å². The lowest BCUT2D eigenvalue weighted by atomic mass is 10.4. The predicted molar refractivity (Wildman–Crippen MR) is 36.2 cm³/mol. The summed E-state index contributed by atoms with van der Waals surface area (Å²) in [4.78, 5) is 4.12. The lowest BCUT2D eigenvalue weighted by molar-refractivity contribution is 0.497. The Kier molecular flexibility index (Phi) is 1.12. The molecule has 0 bridgehead atoms. The largest absolute Gasteiger partial charge is 0.447 e. The van der Waals surface area contributed by atoms with Crippen LogP contribution in [0.4, 0.5) is 0 Å². The van der Waals surface area contributed by atoms with Crippen molar-refractivity contribution in [2.24, 2.45) is 0 Å². The van der Waals surface area contributed by atoms with Crippen LogP contribution in [0.5, 0.6) is 0 Å². The van der Waals surface area contributed by atoms with Gasteiger partial charge in [0.1, 0.15) is 10.9 Å². The fourth-order valence-electron chi connectivity index (χ4n) is 0.785. The summed E-state index contributed by atoms with van der Waals surface area (Å²) >= 11 is 3.22. The highest BCUT2D eigenvalue weighted by atomic mass is 79.9. The summed E-state index contributed by atoms with van der Waals surface area (Å²) in [5.74, 6) is 1.51. The van der Waals surface area contributed by atoms with Crippen LogP contribution >= 0.6 is 15.9 Å². The number of rotatable bonds is 1. The summed E-state index contributed by atoms with van der Waals surface area (Å²) in [6.07, 6.45) is 4.12. The van der Waals surface area contributed by atoms with E-state index in [0.29, 0.717) is 5.92 Å². The quantitative estimate of drug-likeness (QED) is 0.675.